The van der Waals surface area contributed by atoms with Crippen molar-refractivity contribution in [2.75, 3.05) is 0 Å². The van der Waals surface area contributed by atoms with Crippen LogP contribution >= 0.6 is 0 Å². The van der Waals surface area contributed by atoms with Crippen LogP contribution in [0.5, 0.6) is 0 Å². The maximum Gasteiger partial charge on any atom is 0.306 e. The maximum atomic E-state index is 11.4. The number of esters is 1. The van der Waals surface area contributed by atoms with Gasteiger partial charge in [-0.2, -0.15) is 0 Å². The summed E-state index contributed by atoms with van der Waals surface area (Å²) in [6.45, 7) is 4.65. The van der Waals surface area contributed by atoms with Gasteiger partial charge in [-0.3, -0.25) is 4.79 Å². The van der Waals surface area contributed by atoms with Gasteiger partial charge < -0.3 is 4.74 Å². The molecule has 0 atom stereocenters. The Morgan fingerprint density at radius 1 is 1.18 bits per heavy atom. The van der Waals surface area contributed by atoms with Crippen LogP contribution in [0.15, 0.2) is 24.3 Å². The molecule has 0 aromatic heterocycles. The molecule has 0 unspecified atom stereocenters. The Bertz CT molecular complexity index is 345. The largest absolute Gasteiger partial charge is 0.461 e. The molecule has 94 valence electrons. The Morgan fingerprint density at radius 2 is 1.94 bits per heavy atom. The summed E-state index contributed by atoms with van der Waals surface area (Å²) >= 11 is 0. The van der Waals surface area contributed by atoms with Gasteiger partial charge in [-0.25, -0.2) is 0 Å². The molecule has 0 aliphatic rings. The number of benzene rings is 1. The summed E-state index contributed by atoms with van der Waals surface area (Å²) in [5.74, 6) is -0.0830. The molecule has 0 radical (unpaired) electrons. The van der Waals surface area contributed by atoms with E-state index in [4.69, 9.17) is 4.74 Å². The van der Waals surface area contributed by atoms with Crippen molar-refractivity contribution in [2.45, 2.75) is 52.6 Å². The lowest BCUT2D eigenvalue weighted by molar-refractivity contribution is -0.145. The average molecular weight is 234 g/mol. The average Bonchev–Trinajstić information content (AvgIpc) is 2.37. The van der Waals surface area contributed by atoms with Gasteiger partial charge in [-0.15, -0.1) is 0 Å². The summed E-state index contributed by atoms with van der Waals surface area (Å²) < 4.78 is 5.24. The monoisotopic (exact) mass is 234 g/mol. The first kappa shape index (κ1) is 13.8. The van der Waals surface area contributed by atoms with E-state index in [9.17, 15) is 4.79 Å². The molecule has 0 bridgehead atoms. The first-order valence-corrected chi connectivity index (χ1v) is 6.49. The molecule has 17 heavy (non-hydrogen) atoms. The van der Waals surface area contributed by atoms with Gasteiger partial charge in [0.25, 0.3) is 0 Å². The van der Waals surface area contributed by atoms with E-state index >= 15 is 0 Å². The molecule has 0 N–H and O–H groups in total. The second-order valence-electron chi connectivity index (χ2n) is 4.29. The highest BCUT2D eigenvalue weighted by Crippen LogP contribution is 2.08. The van der Waals surface area contributed by atoms with Crippen LogP contribution in [-0.4, -0.2) is 5.97 Å². The molecule has 0 spiro atoms. The third-order valence-electron chi connectivity index (χ3n) is 2.78. The Balaban J connectivity index is 2.31. The molecule has 2 heteroatoms. The Hall–Kier alpha value is -1.31. The molecule has 0 saturated heterocycles. The fourth-order valence-corrected chi connectivity index (χ4v) is 1.69. The molecular formula is C15H22O2. The van der Waals surface area contributed by atoms with E-state index in [2.05, 4.69) is 26.0 Å². The van der Waals surface area contributed by atoms with Crippen molar-refractivity contribution in [3.05, 3.63) is 35.4 Å². The van der Waals surface area contributed by atoms with Crippen molar-refractivity contribution in [3.8, 4) is 0 Å². The smallest absolute Gasteiger partial charge is 0.306 e. The van der Waals surface area contributed by atoms with E-state index in [1.54, 1.807) is 0 Å². The van der Waals surface area contributed by atoms with Crippen LogP contribution in [0.1, 0.15) is 50.7 Å². The Kier molecular flexibility index (Phi) is 6.38. The maximum absolute atomic E-state index is 11.4. The quantitative estimate of drug-likeness (QED) is 0.529. The number of hydrogen-bond donors (Lipinski definition) is 0. The normalized spacial score (nSPS) is 10.2. The molecule has 2 nitrogen and oxygen atoms in total. The van der Waals surface area contributed by atoms with E-state index in [0.29, 0.717) is 13.0 Å². The highest BCUT2D eigenvalue weighted by Gasteiger charge is 2.03. The topological polar surface area (TPSA) is 26.3 Å². The zero-order chi connectivity index (χ0) is 12.5. The highest BCUT2D eigenvalue weighted by atomic mass is 16.5. The van der Waals surface area contributed by atoms with Crippen LogP contribution in [-0.2, 0) is 22.6 Å². The molecular weight excluding hydrogens is 212 g/mol. The lowest BCUT2D eigenvalue weighted by Gasteiger charge is -2.06. The predicted octanol–water partition coefficient (Wildman–Crippen LogP) is 3.87. The second kappa shape index (κ2) is 7.88. The van der Waals surface area contributed by atoms with E-state index in [0.717, 1.165) is 31.2 Å². The number of ether oxygens (including phenoxy) is 1. The van der Waals surface area contributed by atoms with Gasteiger partial charge in [-0.1, -0.05) is 51.0 Å². The summed E-state index contributed by atoms with van der Waals surface area (Å²) in [6, 6.07) is 8.20. The molecule has 0 heterocycles. The van der Waals surface area contributed by atoms with Crippen LogP contribution < -0.4 is 0 Å². The minimum Gasteiger partial charge on any atom is -0.461 e. The molecule has 0 saturated carbocycles. The van der Waals surface area contributed by atoms with E-state index in [1.165, 1.54) is 5.56 Å². The Labute approximate surface area is 104 Å². The SMILES string of the molecule is CCCCCC(=O)OCc1cccc(CC)c1. The van der Waals surface area contributed by atoms with Gasteiger partial charge in [0.05, 0.1) is 0 Å². The minimum absolute atomic E-state index is 0.0830. The number of rotatable bonds is 7. The lowest BCUT2D eigenvalue weighted by Crippen LogP contribution is -2.04. The number of carbonyl (C=O) groups is 1. The minimum atomic E-state index is -0.0830. The number of carbonyl (C=O) groups excluding carboxylic acids is 1. The van der Waals surface area contributed by atoms with Gasteiger partial charge in [0, 0.05) is 6.42 Å². The molecule has 1 aromatic rings. The van der Waals surface area contributed by atoms with Gasteiger partial charge in [0.15, 0.2) is 0 Å². The number of aryl methyl sites for hydroxylation is 1. The zero-order valence-electron chi connectivity index (χ0n) is 10.9. The number of hydrogen-bond acceptors (Lipinski definition) is 2. The Morgan fingerprint density at radius 3 is 2.65 bits per heavy atom. The fraction of sp³-hybridized carbons (Fsp3) is 0.533. The van der Waals surface area contributed by atoms with Gasteiger partial charge in [0.1, 0.15) is 6.61 Å². The van der Waals surface area contributed by atoms with E-state index < -0.39 is 0 Å². The fourth-order valence-electron chi connectivity index (χ4n) is 1.69. The molecule has 0 aliphatic heterocycles. The van der Waals surface area contributed by atoms with Crippen molar-refractivity contribution in [1.82, 2.24) is 0 Å². The third kappa shape index (κ3) is 5.53. The van der Waals surface area contributed by atoms with Crippen molar-refractivity contribution < 1.29 is 9.53 Å². The standard InChI is InChI=1S/C15H22O2/c1-3-5-6-10-15(16)17-12-14-9-7-8-13(4-2)11-14/h7-9,11H,3-6,10,12H2,1-2H3. The molecule has 1 aromatic carbocycles. The second-order valence-corrected chi connectivity index (χ2v) is 4.29. The van der Waals surface area contributed by atoms with Gasteiger partial charge in [-0.05, 0) is 24.0 Å². The summed E-state index contributed by atoms with van der Waals surface area (Å²) in [5, 5.41) is 0. The summed E-state index contributed by atoms with van der Waals surface area (Å²) in [6.07, 6.45) is 4.72. The highest BCUT2D eigenvalue weighted by molar-refractivity contribution is 5.69. The summed E-state index contributed by atoms with van der Waals surface area (Å²) in [4.78, 5) is 11.4. The first-order chi connectivity index (χ1) is 8.26. The lowest BCUT2D eigenvalue weighted by atomic mass is 10.1. The van der Waals surface area contributed by atoms with Crippen LogP contribution in [0, 0.1) is 0 Å². The zero-order valence-corrected chi connectivity index (χ0v) is 10.9. The van der Waals surface area contributed by atoms with Crippen LogP contribution in [0.2, 0.25) is 0 Å². The van der Waals surface area contributed by atoms with Crippen molar-refractivity contribution >= 4 is 5.97 Å². The summed E-state index contributed by atoms with van der Waals surface area (Å²) in [7, 11) is 0. The molecule has 0 amide bonds. The van der Waals surface area contributed by atoms with Crippen molar-refractivity contribution in [1.29, 1.82) is 0 Å². The van der Waals surface area contributed by atoms with E-state index in [-0.39, 0.29) is 5.97 Å². The van der Waals surface area contributed by atoms with Gasteiger partial charge in [0.2, 0.25) is 0 Å². The van der Waals surface area contributed by atoms with Crippen molar-refractivity contribution in [3.63, 3.8) is 0 Å². The van der Waals surface area contributed by atoms with E-state index in [1.807, 2.05) is 12.1 Å². The first-order valence-electron chi connectivity index (χ1n) is 6.49. The van der Waals surface area contributed by atoms with Crippen molar-refractivity contribution in [2.24, 2.45) is 0 Å². The molecule has 1 rings (SSSR count). The predicted molar refractivity (Wildman–Crippen MR) is 69.8 cm³/mol. The molecule has 0 aliphatic carbocycles. The number of unbranched alkanes of at least 4 members (excludes halogenated alkanes) is 2. The molecule has 0 fully saturated rings. The van der Waals surface area contributed by atoms with Gasteiger partial charge >= 0.3 is 5.97 Å². The summed E-state index contributed by atoms with van der Waals surface area (Å²) in [5.41, 5.74) is 2.36. The third-order valence-corrected chi connectivity index (χ3v) is 2.78. The van der Waals surface area contributed by atoms with Crippen LogP contribution in [0.4, 0.5) is 0 Å². The van der Waals surface area contributed by atoms with Crippen LogP contribution in [0.3, 0.4) is 0 Å². The van der Waals surface area contributed by atoms with Crippen LogP contribution in [0.25, 0.3) is 0 Å².